The number of fused-ring (bicyclic) bond motifs is 1. The molecule has 3 nitrogen and oxygen atoms in total. The smallest absolute Gasteiger partial charge is 0.0724 e. The highest BCUT2D eigenvalue weighted by Crippen LogP contribution is 2.47. The van der Waals surface area contributed by atoms with E-state index in [-0.39, 0.29) is 12.0 Å². The zero-order valence-electron chi connectivity index (χ0n) is 17.5. The lowest BCUT2D eigenvalue weighted by Gasteiger charge is -2.19. The largest absolute Gasteiger partial charge is 0.392 e. The van der Waals surface area contributed by atoms with Crippen LogP contribution in [-0.2, 0) is 19.4 Å². The lowest BCUT2D eigenvalue weighted by molar-refractivity contribution is 0.140. The monoisotopic (exact) mass is 403 g/mol. The highest BCUT2D eigenvalue weighted by molar-refractivity contribution is 5.30. The Kier molecular flexibility index (Phi) is 6.83. The molecule has 4 N–H and O–H groups in total. The van der Waals surface area contributed by atoms with Gasteiger partial charge in [-0.2, -0.15) is 0 Å². The number of hydrogen-bond donors (Lipinski definition) is 3. The van der Waals surface area contributed by atoms with Gasteiger partial charge in [-0.05, 0) is 60.6 Å². The third-order valence-corrected chi connectivity index (χ3v) is 6.77. The van der Waals surface area contributed by atoms with Crippen molar-refractivity contribution in [3.05, 3.63) is 95.1 Å². The van der Waals surface area contributed by atoms with E-state index in [0.29, 0.717) is 24.8 Å². The number of benzene rings is 2. The molecular formula is C27H33NO2. The van der Waals surface area contributed by atoms with Gasteiger partial charge >= 0.3 is 0 Å². The average Bonchev–Trinajstić information content (AvgIpc) is 3.28. The normalized spacial score (nSPS) is 26.7. The van der Waals surface area contributed by atoms with Crippen LogP contribution >= 0.6 is 0 Å². The summed E-state index contributed by atoms with van der Waals surface area (Å²) in [6.07, 6.45) is 10.0. The van der Waals surface area contributed by atoms with Gasteiger partial charge < -0.3 is 15.9 Å². The molecule has 158 valence electrons. The zero-order chi connectivity index (χ0) is 20.9. The molecule has 0 bridgehead atoms. The Morgan fingerprint density at radius 3 is 2.47 bits per heavy atom. The molecule has 0 aliphatic heterocycles. The van der Waals surface area contributed by atoms with Gasteiger partial charge in [0.1, 0.15) is 0 Å². The molecule has 1 saturated carbocycles. The molecule has 2 aliphatic carbocycles. The topological polar surface area (TPSA) is 66.5 Å². The van der Waals surface area contributed by atoms with Crippen molar-refractivity contribution < 1.29 is 10.2 Å². The number of aliphatic hydroxyl groups excluding tert-OH is 2. The maximum Gasteiger partial charge on any atom is 0.0724 e. The van der Waals surface area contributed by atoms with Crippen molar-refractivity contribution in [2.45, 2.75) is 50.9 Å². The van der Waals surface area contributed by atoms with Crippen molar-refractivity contribution in [2.75, 3.05) is 0 Å². The second-order valence-corrected chi connectivity index (χ2v) is 8.91. The molecule has 5 atom stereocenters. The third kappa shape index (κ3) is 5.10. The summed E-state index contributed by atoms with van der Waals surface area (Å²) in [5, 5.41) is 21.0. The van der Waals surface area contributed by atoms with E-state index in [1.54, 1.807) is 0 Å². The van der Waals surface area contributed by atoms with E-state index in [2.05, 4.69) is 48.6 Å². The predicted octanol–water partition coefficient (Wildman–Crippen LogP) is 4.18. The maximum atomic E-state index is 10.6. The summed E-state index contributed by atoms with van der Waals surface area (Å²) in [6.45, 7) is 0.580. The van der Waals surface area contributed by atoms with Crippen molar-refractivity contribution in [2.24, 2.45) is 23.5 Å². The predicted molar refractivity (Wildman–Crippen MR) is 122 cm³/mol. The van der Waals surface area contributed by atoms with Gasteiger partial charge in [-0.25, -0.2) is 0 Å². The van der Waals surface area contributed by atoms with Crippen LogP contribution in [0.3, 0.4) is 0 Å². The van der Waals surface area contributed by atoms with Gasteiger partial charge in [0, 0.05) is 12.5 Å². The van der Waals surface area contributed by atoms with Crippen LogP contribution in [0.15, 0.2) is 78.4 Å². The van der Waals surface area contributed by atoms with Crippen LogP contribution < -0.4 is 5.73 Å². The molecule has 0 heterocycles. The lowest BCUT2D eigenvalue weighted by Crippen LogP contribution is -2.18. The van der Waals surface area contributed by atoms with Crippen molar-refractivity contribution in [3.63, 3.8) is 0 Å². The molecule has 0 amide bonds. The van der Waals surface area contributed by atoms with Crippen LogP contribution in [0.2, 0.25) is 0 Å². The fourth-order valence-electron chi connectivity index (χ4n) is 5.10. The standard InChI is InChI=1S/C27H33NO2/c28-18-21-8-6-20(7-9-21)14-22-15-23-17-27(30)25(26(23)16-22)13-12-24(29)11-10-19-4-2-1-3-5-19/h1-9,12-13,15,23-27,29-30H,10-11,14,16-18,28H2/t23?,24-,25+,26-,27+/m0/s1. The van der Waals surface area contributed by atoms with Gasteiger partial charge in [-0.1, -0.05) is 78.4 Å². The molecule has 2 aromatic rings. The molecule has 30 heavy (non-hydrogen) atoms. The molecule has 0 spiro atoms. The highest BCUT2D eigenvalue weighted by Gasteiger charge is 2.43. The summed E-state index contributed by atoms with van der Waals surface area (Å²) in [5.74, 6) is 1.04. The molecule has 2 aromatic carbocycles. The Hall–Kier alpha value is -2.20. The molecule has 1 fully saturated rings. The van der Waals surface area contributed by atoms with Crippen LogP contribution in [0.25, 0.3) is 0 Å². The van der Waals surface area contributed by atoms with E-state index in [1.807, 2.05) is 24.3 Å². The SMILES string of the molecule is NCc1ccc(CC2=CC3C[C@@H](O)[C@H](C=C[C@@H](O)CCc4ccccc4)[C@H]3C2)cc1. The molecule has 4 rings (SSSR count). The first kappa shape index (κ1) is 21.0. The zero-order valence-corrected chi connectivity index (χ0v) is 17.5. The summed E-state index contributed by atoms with van der Waals surface area (Å²) in [7, 11) is 0. The number of allylic oxidation sites excluding steroid dienone is 2. The van der Waals surface area contributed by atoms with E-state index in [9.17, 15) is 10.2 Å². The first-order chi connectivity index (χ1) is 14.6. The van der Waals surface area contributed by atoms with Crippen molar-refractivity contribution >= 4 is 0 Å². The van der Waals surface area contributed by atoms with Crippen molar-refractivity contribution in [1.82, 2.24) is 0 Å². The van der Waals surface area contributed by atoms with Gasteiger partial charge in [-0.15, -0.1) is 0 Å². The highest BCUT2D eigenvalue weighted by atomic mass is 16.3. The maximum absolute atomic E-state index is 10.6. The second kappa shape index (κ2) is 9.74. The number of rotatable bonds is 8. The fraction of sp³-hybridized carbons (Fsp3) is 0.407. The number of aliphatic hydroxyl groups is 2. The van der Waals surface area contributed by atoms with E-state index < -0.39 is 6.10 Å². The molecule has 3 heteroatoms. The number of hydrogen-bond acceptors (Lipinski definition) is 3. The van der Waals surface area contributed by atoms with Gasteiger partial charge in [0.2, 0.25) is 0 Å². The lowest BCUT2D eigenvalue weighted by atomic mass is 9.88. The molecule has 1 unspecified atom stereocenters. The van der Waals surface area contributed by atoms with E-state index in [0.717, 1.165) is 31.2 Å². The van der Waals surface area contributed by atoms with Crippen LogP contribution in [0, 0.1) is 17.8 Å². The molecule has 2 aliphatic rings. The first-order valence-electron chi connectivity index (χ1n) is 11.2. The summed E-state index contributed by atoms with van der Waals surface area (Å²) in [5.41, 5.74) is 10.9. The second-order valence-electron chi connectivity index (χ2n) is 8.91. The Balaban J connectivity index is 1.31. The Labute approximate surface area is 180 Å². The van der Waals surface area contributed by atoms with Crippen molar-refractivity contribution in [3.8, 4) is 0 Å². The molecule has 0 saturated heterocycles. The van der Waals surface area contributed by atoms with Crippen molar-refractivity contribution in [1.29, 1.82) is 0 Å². The molecule has 0 aromatic heterocycles. The Morgan fingerprint density at radius 2 is 1.73 bits per heavy atom. The summed E-state index contributed by atoms with van der Waals surface area (Å²) in [4.78, 5) is 0. The third-order valence-electron chi connectivity index (χ3n) is 6.77. The van der Waals surface area contributed by atoms with Crippen LogP contribution in [0.5, 0.6) is 0 Å². The van der Waals surface area contributed by atoms with Gasteiger partial charge in [-0.3, -0.25) is 0 Å². The summed E-state index contributed by atoms with van der Waals surface area (Å²) in [6, 6.07) is 18.8. The first-order valence-corrected chi connectivity index (χ1v) is 11.2. The summed E-state index contributed by atoms with van der Waals surface area (Å²) >= 11 is 0. The van der Waals surface area contributed by atoms with Gasteiger partial charge in [0.15, 0.2) is 0 Å². The Morgan fingerprint density at radius 1 is 1.00 bits per heavy atom. The summed E-state index contributed by atoms with van der Waals surface area (Å²) < 4.78 is 0. The van der Waals surface area contributed by atoms with Crippen LogP contribution in [0.1, 0.15) is 36.0 Å². The minimum absolute atomic E-state index is 0.134. The molecule has 0 radical (unpaired) electrons. The van der Waals surface area contributed by atoms with E-state index >= 15 is 0 Å². The number of aryl methyl sites for hydroxylation is 1. The van der Waals surface area contributed by atoms with Crippen LogP contribution in [0.4, 0.5) is 0 Å². The average molecular weight is 404 g/mol. The molecular weight excluding hydrogens is 370 g/mol. The Bertz CT molecular complexity index is 871. The quantitative estimate of drug-likeness (QED) is 0.579. The number of nitrogens with two attached hydrogens (primary N) is 1. The van der Waals surface area contributed by atoms with Crippen LogP contribution in [-0.4, -0.2) is 22.4 Å². The van der Waals surface area contributed by atoms with Gasteiger partial charge in [0.05, 0.1) is 12.2 Å². The van der Waals surface area contributed by atoms with Gasteiger partial charge in [0.25, 0.3) is 0 Å². The fourth-order valence-corrected chi connectivity index (χ4v) is 5.10. The minimum atomic E-state index is -0.466. The van der Waals surface area contributed by atoms with E-state index in [1.165, 1.54) is 16.7 Å². The van der Waals surface area contributed by atoms with E-state index in [4.69, 9.17) is 5.73 Å². The minimum Gasteiger partial charge on any atom is -0.392 e.